The average Bonchev–Trinajstić information content (AvgIpc) is 3.19. The van der Waals surface area contributed by atoms with Crippen LogP contribution < -0.4 is 4.90 Å². The highest BCUT2D eigenvalue weighted by molar-refractivity contribution is 5.92. The molecule has 2 aromatic rings. The fraction of sp³-hybridized carbons (Fsp3) is 0.400. The summed E-state index contributed by atoms with van der Waals surface area (Å²) in [4.78, 5) is 6.68. The molecule has 18 heavy (non-hydrogen) atoms. The van der Waals surface area contributed by atoms with Crippen LogP contribution in [0.15, 0.2) is 36.5 Å². The number of fused-ring (bicyclic) bond motifs is 1. The fourth-order valence-electron chi connectivity index (χ4n) is 3.00. The van der Waals surface area contributed by atoms with E-state index in [2.05, 4.69) is 22.0 Å². The summed E-state index contributed by atoms with van der Waals surface area (Å²) in [7, 11) is 0. The zero-order valence-corrected chi connectivity index (χ0v) is 10.2. The molecule has 1 aromatic carbocycles. The van der Waals surface area contributed by atoms with Gasteiger partial charge < -0.3 is 10.0 Å². The van der Waals surface area contributed by atoms with E-state index >= 15 is 0 Å². The Bertz CT molecular complexity index is 595. The predicted octanol–water partition coefficient (Wildman–Crippen LogP) is 2.20. The molecule has 92 valence electrons. The second-order valence-electron chi connectivity index (χ2n) is 5.59. The van der Waals surface area contributed by atoms with E-state index < -0.39 is 5.60 Å². The first-order valence-corrected chi connectivity index (χ1v) is 6.57. The molecule has 0 radical (unpaired) electrons. The van der Waals surface area contributed by atoms with Crippen LogP contribution in [0.1, 0.15) is 12.8 Å². The Morgan fingerprint density at radius 2 is 1.94 bits per heavy atom. The van der Waals surface area contributed by atoms with E-state index in [1.54, 1.807) is 0 Å². The molecule has 2 fully saturated rings. The number of aliphatic hydroxyl groups is 1. The Morgan fingerprint density at radius 1 is 1.17 bits per heavy atom. The molecule has 1 saturated carbocycles. The maximum absolute atomic E-state index is 10.4. The summed E-state index contributed by atoms with van der Waals surface area (Å²) in [6, 6.07) is 10.3. The summed E-state index contributed by atoms with van der Waals surface area (Å²) in [5.74, 6) is 1.54. The third-order valence-electron chi connectivity index (χ3n) is 4.22. The van der Waals surface area contributed by atoms with Crippen LogP contribution in [0, 0.1) is 5.92 Å². The SMILES string of the molecule is OC1(C2CC2)CN(c2nccc3ccccc23)C1. The molecule has 1 aliphatic carbocycles. The van der Waals surface area contributed by atoms with Gasteiger partial charge in [-0.15, -0.1) is 0 Å². The molecule has 0 atom stereocenters. The molecule has 4 rings (SSSR count). The molecule has 1 saturated heterocycles. The third-order valence-corrected chi connectivity index (χ3v) is 4.22. The molecule has 0 spiro atoms. The van der Waals surface area contributed by atoms with Gasteiger partial charge in [0.1, 0.15) is 11.4 Å². The van der Waals surface area contributed by atoms with E-state index in [0.717, 1.165) is 18.9 Å². The van der Waals surface area contributed by atoms with Crippen LogP contribution in [0.25, 0.3) is 10.8 Å². The maximum Gasteiger partial charge on any atom is 0.136 e. The van der Waals surface area contributed by atoms with E-state index in [1.807, 2.05) is 24.4 Å². The van der Waals surface area contributed by atoms with Crippen molar-refractivity contribution in [3.63, 3.8) is 0 Å². The van der Waals surface area contributed by atoms with Gasteiger partial charge in [0.2, 0.25) is 0 Å². The topological polar surface area (TPSA) is 36.4 Å². The van der Waals surface area contributed by atoms with E-state index in [4.69, 9.17) is 0 Å². The quantitative estimate of drug-likeness (QED) is 0.874. The Morgan fingerprint density at radius 3 is 2.72 bits per heavy atom. The molecule has 0 bridgehead atoms. The normalized spacial score (nSPS) is 21.9. The Hall–Kier alpha value is -1.61. The molecule has 0 unspecified atom stereocenters. The predicted molar refractivity (Wildman–Crippen MR) is 71.6 cm³/mol. The number of hydrogen-bond donors (Lipinski definition) is 1. The lowest BCUT2D eigenvalue weighted by Gasteiger charge is -2.48. The van der Waals surface area contributed by atoms with Crippen molar-refractivity contribution in [1.29, 1.82) is 0 Å². The molecule has 2 aliphatic rings. The number of nitrogens with zero attached hydrogens (tertiary/aromatic N) is 2. The van der Waals surface area contributed by atoms with Gasteiger partial charge in [0.05, 0.1) is 13.1 Å². The van der Waals surface area contributed by atoms with E-state index in [1.165, 1.54) is 23.6 Å². The summed E-state index contributed by atoms with van der Waals surface area (Å²) in [6.45, 7) is 1.47. The highest BCUT2D eigenvalue weighted by atomic mass is 16.3. The van der Waals surface area contributed by atoms with Crippen LogP contribution in [0.3, 0.4) is 0 Å². The van der Waals surface area contributed by atoms with Crippen molar-refractivity contribution in [2.24, 2.45) is 5.92 Å². The minimum atomic E-state index is -0.446. The first-order chi connectivity index (χ1) is 8.76. The van der Waals surface area contributed by atoms with E-state index in [9.17, 15) is 5.11 Å². The summed E-state index contributed by atoms with van der Waals surface area (Å²) < 4.78 is 0. The minimum absolute atomic E-state index is 0.446. The minimum Gasteiger partial charge on any atom is -0.386 e. The highest BCUT2D eigenvalue weighted by Crippen LogP contribution is 2.46. The van der Waals surface area contributed by atoms with Crippen LogP contribution in [-0.2, 0) is 0 Å². The monoisotopic (exact) mass is 240 g/mol. The third kappa shape index (κ3) is 1.44. The lowest BCUT2D eigenvalue weighted by atomic mass is 9.88. The van der Waals surface area contributed by atoms with E-state index in [0.29, 0.717) is 5.92 Å². The molecular weight excluding hydrogens is 224 g/mol. The zero-order valence-electron chi connectivity index (χ0n) is 10.2. The van der Waals surface area contributed by atoms with Crippen molar-refractivity contribution in [2.45, 2.75) is 18.4 Å². The number of hydrogen-bond acceptors (Lipinski definition) is 3. The molecule has 1 aromatic heterocycles. The van der Waals surface area contributed by atoms with Gasteiger partial charge in [0, 0.05) is 11.6 Å². The molecule has 1 aliphatic heterocycles. The van der Waals surface area contributed by atoms with Crippen molar-refractivity contribution >= 4 is 16.6 Å². The second-order valence-corrected chi connectivity index (χ2v) is 5.59. The lowest BCUT2D eigenvalue weighted by Crippen LogP contribution is -2.63. The Labute approximate surface area is 106 Å². The number of anilines is 1. The van der Waals surface area contributed by atoms with Crippen LogP contribution >= 0.6 is 0 Å². The van der Waals surface area contributed by atoms with Crippen LogP contribution in [0.2, 0.25) is 0 Å². The Kier molecular flexibility index (Phi) is 1.98. The zero-order chi connectivity index (χ0) is 12.2. The van der Waals surface area contributed by atoms with Gasteiger partial charge in [-0.3, -0.25) is 0 Å². The average molecular weight is 240 g/mol. The highest BCUT2D eigenvalue weighted by Gasteiger charge is 2.52. The smallest absolute Gasteiger partial charge is 0.136 e. The van der Waals surface area contributed by atoms with Gasteiger partial charge in [0.15, 0.2) is 0 Å². The van der Waals surface area contributed by atoms with Crippen molar-refractivity contribution in [2.75, 3.05) is 18.0 Å². The molecule has 3 nitrogen and oxygen atoms in total. The molecule has 0 amide bonds. The van der Waals surface area contributed by atoms with Gasteiger partial charge >= 0.3 is 0 Å². The number of β-amino-alcohol motifs (C(OH)–C–C–N with tert-alkyl or cyclic N) is 1. The molecule has 1 N–H and O–H groups in total. The summed E-state index contributed by atoms with van der Waals surface area (Å²) in [5, 5.41) is 12.8. The van der Waals surface area contributed by atoms with Crippen LogP contribution in [0.4, 0.5) is 5.82 Å². The molecule has 2 heterocycles. The van der Waals surface area contributed by atoms with Gasteiger partial charge in [0.25, 0.3) is 0 Å². The second kappa shape index (κ2) is 3.45. The van der Waals surface area contributed by atoms with Gasteiger partial charge in [-0.25, -0.2) is 4.98 Å². The van der Waals surface area contributed by atoms with Gasteiger partial charge in [-0.1, -0.05) is 24.3 Å². The number of benzene rings is 1. The standard InChI is InChI=1S/C15H16N2O/c18-15(12-5-6-12)9-17(10-15)14-13-4-2-1-3-11(13)7-8-16-14/h1-4,7-8,12,18H,5-6,9-10H2. The van der Waals surface area contributed by atoms with Gasteiger partial charge in [-0.05, 0) is 30.2 Å². The molecular formula is C15H16N2O. The van der Waals surface area contributed by atoms with Crippen LogP contribution in [-0.4, -0.2) is 28.8 Å². The van der Waals surface area contributed by atoms with Crippen molar-refractivity contribution in [1.82, 2.24) is 4.98 Å². The fourth-order valence-corrected chi connectivity index (χ4v) is 3.00. The number of pyridine rings is 1. The van der Waals surface area contributed by atoms with Crippen molar-refractivity contribution < 1.29 is 5.11 Å². The molecule has 3 heteroatoms. The van der Waals surface area contributed by atoms with Crippen molar-refractivity contribution in [3.8, 4) is 0 Å². The summed E-state index contributed by atoms with van der Waals surface area (Å²) in [6.07, 6.45) is 4.23. The lowest BCUT2D eigenvalue weighted by molar-refractivity contribution is -0.00957. The summed E-state index contributed by atoms with van der Waals surface area (Å²) >= 11 is 0. The van der Waals surface area contributed by atoms with Crippen LogP contribution in [0.5, 0.6) is 0 Å². The van der Waals surface area contributed by atoms with E-state index in [-0.39, 0.29) is 0 Å². The number of aromatic nitrogens is 1. The van der Waals surface area contributed by atoms with Gasteiger partial charge in [-0.2, -0.15) is 0 Å². The Balaban J connectivity index is 1.68. The largest absolute Gasteiger partial charge is 0.386 e. The summed E-state index contributed by atoms with van der Waals surface area (Å²) in [5.41, 5.74) is -0.446. The number of rotatable bonds is 2. The maximum atomic E-state index is 10.4. The first-order valence-electron chi connectivity index (χ1n) is 6.57. The van der Waals surface area contributed by atoms with Crippen molar-refractivity contribution in [3.05, 3.63) is 36.5 Å². The first kappa shape index (κ1) is 10.3.